The quantitative estimate of drug-likeness (QED) is 0.774. The third-order valence-electron chi connectivity index (χ3n) is 3.79. The number of amides is 1. The molecule has 0 aliphatic carbocycles. The smallest absolute Gasteiger partial charge is 0.254 e. The van der Waals surface area contributed by atoms with Gasteiger partial charge in [0.2, 0.25) is 0 Å². The molecular formula is C15H22N2O. The van der Waals surface area contributed by atoms with Crippen LogP contribution in [0.15, 0.2) is 18.2 Å². The summed E-state index contributed by atoms with van der Waals surface area (Å²) in [4.78, 5) is 14.6. The number of nitrogens with zero attached hydrogens (tertiary/aromatic N) is 1. The SMILES string of the molecule is Cc1cc(N)ccc1C(=O)N1CCCCCC1C. The van der Waals surface area contributed by atoms with E-state index in [-0.39, 0.29) is 5.91 Å². The fourth-order valence-electron chi connectivity index (χ4n) is 2.66. The zero-order valence-corrected chi connectivity index (χ0v) is 11.3. The molecule has 1 amide bonds. The number of carbonyl (C=O) groups excluding carboxylic acids is 1. The Hall–Kier alpha value is -1.51. The van der Waals surface area contributed by atoms with Gasteiger partial charge in [0.15, 0.2) is 0 Å². The van der Waals surface area contributed by atoms with Crippen LogP contribution in [0.25, 0.3) is 0 Å². The molecule has 0 bridgehead atoms. The first-order valence-electron chi connectivity index (χ1n) is 6.76. The molecule has 1 saturated heterocycles. The third kappa shape index (κ3) is 2.66. The molecule has 1 atom stereocenters. The second-order valence-corrected chi connectivity index (χ2v) is 5.27. The van der Waals surface area contributed by atoms with Crippen molar-refractivity contribution in [2.45, 2.75) is 45.6 Å². The molecular weight excluding hydrogens is 224 g/mol. The Balaban J connectivity index is 2.23. The zero-order chi connectivity index (χ0) is 13.1. The minimum atomic E-state index is 0.155. The summed E-state index contributed by atoms with van der Waals surface area (Å²) < 4.78 is 0. The first-order valence-corrected chi connectivity index (χ1v) is 6.76. The molecule has 1 heterocycles. The number of nitrogen functional groups attached to an aromatic ring is 1. The summed E-state index contributed by atoms with van der Waals surface area (Å²) in [5.74, 6) is 0.155. The predicted octanol–water partition coefficient (Wildman–Crippen LogP) is 2.98. The Morgan fingerprint density at radius 2 is 2.11 bits per heavy atom. The molecule has 0 saturated carbocycles. The fraction of sp³-hybridized carbons (Fsp3) is 0.533. The summed E-state index contributed by atoms with van der Waals surface area (Å²) >= 11 is 0. The van der Waals surface area contributed by atoms with Gasteiger partial charge in [0.05, 0.1) is 0 Å². The van der Waals surface area contributed by atoms with E-state index < -0.39 is 0 Å². The Bertz CT molecular complexity index is 442. The molecule has 2 N–H and O–H groups in total. The third-order valence-corrected chi connectivity index (χ3v) is 3.79. The molecule has 0 spiro atoms. The van der Waals surface area contributed by atoms with Crippen LogP contribution in [0, 0.1) is 6.92 Å². The highest BCUT2D eigenvalue weighted by atomic mass is 16.2. The maximum Gasteiger partial charge on any atom is 0.254 e. The standard InChI is InChI=1S/C15H22N2O/c1-11-10-13(16)7-8-14(11)15(18)17-9-5-3-4-6-12(17)2/h7-8,10,12H,3-6,9,16H2,1-2H3. The molecule has 1 unspecified atom stereocenters. The molecule has 1 fully saturated rings. The maximum atomic E-state index is 12.6. The van der Waals surface area contributed by atoms with E-state index in [9.17, 15) is 4.79 Å². The van der Waals surface area contributed by atoms with Gasteiger partial charge in [-0.05, 0) is 50.5 Å². The Morgan fingerprint density at radius 3 is 2.83 bits per heavy atom. The van der Waals surface area contributed by atoms with Gasteiger partial charge in [-0.25, -0.2) is 0 Å². The Kier molecular flexibility index (Phi) is 3.90. The van der Waals surface area contributed by atoms with Crippen molar-refractivity contribution < 1.29 is 4.79 Å². The van der Waals surface area contributed by atoms with Gasteiger partial charge in [0.1, 0.15) is 0 Å². The van der Waals surface area contributed by atoms with Gasteiger partial charge in [-0.15, -0.1) is 0 Å². The summed E-state index contributed by atoms with van der Waals surface area (Å²) in [5.41, 5.74) is 8.21. The van der Waals surface area contributed by atoms with Crippen LogP contribution >= 0.6 is 0 Å². The highest BCUT2D eigenvalue weighted by Crippen LogP contribution is 2.21. The minimum absolute atomic E-state index is 0.155. The fourth-order valence-corrected chi connectivity index (χ4v) is 2.66. The molecule has 3 heteroatoms. The average Bonchev–Trinajstić information content (AvgIpc) is 2.53. The number of likely N-dealkylation sites (tertiary alicyclic amines) is 1. The van der Waals surface area contributed by atoms with Crippen molar-refractivity contribution in [1.29, 1.82) is 0 Å². The normalized spacial score (nSPS) is 20.6. The number of carbonyl (C=O) groups is 1. The topological polar surface area (TPSA) is 46.3 Å². The predicted molar refractivity (Wildman–Crippen MR) is 74.6 cm³/mol. The number of aryl methyl sites for hydroxylation is 1. The van der Waals surface area contributed by atoms with Crippen LogP contribution in [-0.2, 0) is 0 Å². The molecule has 0 aromatic heterocycles. The van der Waals surface area contributed by atoms with Gasteiger partial charge in [-0.2, -0.15) is 0 Å². The van der Waals surface area contributed by atoms with Crippen molar-refractivity contribution in [3.8, 4) is 0 Å². The summed E-state index contributed by atoms with van der Waals surface area (Å²) in [5, 5.41) is 0. The summed E-state index contributed by atoms with van der Waals surface area (Å²) in [6.45, 7) is 4.98. The number of hydrogen-bond acceptors (Lipinski definition) is 2. The van der Waals surface area contributed by atoms with Crippen LogP contribution in [0.5, 0.6) is 0 Å². The molecule has 0 radical (unpaired) electrons. The van der Waals surface area contributed by atoms with E-state index in [4.69, 9.17) is 5.73 Å². The van der Waals surface area contributed by atoms with E-state index in [1.165, 1.54) is 12.8 Å². The van der Waals surface area contributed by atoms with Crippen molar-refractivity contribution >= 4 is 11.6 Å². The van der Waals surface area contributed by atoms with Crippen molar-refractivity contribution in [2.24, 2.45) is 0 Å². The lowest BCUT2D eigenvalue weighted by Crippen LogP contribution is -2.38. The lowest BCUT2D eigenvalue weighted by atomic mass is 10.1. The van der Waals surface area contributed by atoms with Gasteiger partial charge < -0.3 is 10.6 Å². The molecule has 1 aromatic rings. The van der Waals surface area contributed by atoms with Crippen molar-refractivity contribution in [1.82, 2.24) is 4.90 Å². The van der Waals surface area contributed by atoms with Crippen molar-refractivity contribution in [2.75, 3.05) is 12.3 Å². The lowest BCUT2D eigenvalue weighted by molar-refractivity contribution is 0.0697. The van der Waals surface area contributed by atoms with Crippen LogP contribution in [-0.4, -0.2) is 23.4 Å². The van der Waals surface area contributed by atoms with Crippen molar-refractivity contribution in [3.63, 3.8) is 0 Å². The van der Waals surface area contributed by atoms with Crippen LogP contribution < -0.4 is 5.73 Å². The molecule has 3 nitrogen and oxygen atoms in total. The van der Waals surface area contributed by atoms with E-state index in [0.717, 1.165) is 30.5 Å². The van der Waals surface area contributed by atoms with Crippen LogP contribution in [0.1, 0.15) is 48.5 Å². The molecule has 1 aliphatic heterocycles. The monoisotopic (exact) mass is 246 g/mol. The van der Waals surface area contributed by atoms with E-state index >= 15 is 0 Å². The average molecular weight is 246 g/mol. The first kappa shape index (κ1) is 12.9. The summed E-state index contributed by atoms with van der Waals surface area (Å²) in [6, 6.07) is 5.88. The van der Waals surface area contributed by atoms with Gasteiger partial charge >= 0.3 is 0 Å². The zero-order valence-electron chi connectivity index (χ0n) is 11.3. The van der Waals surface area contributed by atoms with Gasteiger partial charge in [-0.1, -0.05) is 12.8 Å². The Labute approximate surface area is 109 Å². The van der Waals surface area contributed by atoms with E-state index in [2.05, 4.69) is 6.92 Å². The largest absolute Gasteiger partial charge is 0.399 e. The lowest BCUT2D eigenvalue weighted by Gasteiger charge is -2.27. The van der Waals surface area contributed by atoms with Gasteiger partial charge in [0, 0.05) is 23.8 Å². The molecule has 2 rings (SSSR count). The molecule has 1 aromatic carbocycles. The van der Waals surface area contributed by atoms with E-state index in [0.29, 0.717) is 11.7 Å². The highest BCUT2D eigenvalue weighted by molar-refractivity contribution is 5.96. The second kappa shape index (κ2) is 5.42. The second-order valence-electron chi connectivity index (χ2n) is 5.27. The van der Waals surface area contributed by atoms with E-state index in [1.807, 2.05) is 30.0 Å². The molecule has 18 heavy (non-hydrogen) atoms. The number of benzene rings is 1. The summed E-state index contributed by atoms with van der Waals surface area (Å²) in [7, 11) is 0. The minimum Gasteiger partial charge on any atom is -0.399 e. The maximum absolute atomic E-state index is 12.6. The van der Waals surface area contributed by atoms with Crippen LogP contribution in [0.4, 0.5) is 5.69 Å². The number of hydrogen-bond donors (Lipinski definition) is 1. The molecule has 98 valence electrons. The van der Waals surface area contributed by atoms with Crippen LogP contribution in [0.3, 0.4) is 0 Å². The highest BCUT2D eigenvalue weighted by Gasteiger charge is 2.23. The van der Waals surface area contributed by atoms with Gasteiger partial charge in [-0.3, -0.25) is 4.79 Å². The van der Waals surface area contributed by atoms with Crippen molar-refractivity contribution in [3.05, 3.63) is 29.3 Å². The number of anilines is 1. The number of nitrogens with two attached hydrogens (primary N) is 1. The Morgan fingerprint density at radius 1 is 1.33 bits per heavy atom. The van der Waals surface area contributed by atoms with Crippen LogP contribution in [0.2, 0.25) is 0 Å². The summed E-state index contributed by atoms with van der Waals surface area (Å²) in [6.07, 6.45) is 4.68. The van der Waals surface area contributed by atoms with E-state index in [1.54, 1.807) is 0 Å². The molecule has 1 aliphatic rings. The first-order chi connectivity index (χ1) is 8.59. The van der Waals surface area contributed by atoms with Gasteiger partial charge in [0.25, 0.3) is 5.91 Å². The number of rotatable bonds is 1.